The Morgan fingerprint density at radius 3 is 2.58 bits per heavy atom. The van der Waals surface area contributed by atoms with E-state index in [1.165, 1.54) is 11.3 Å². The maximum Gasteiger partial charge on any atom is 0.259 e. The third-order valence-electron chi connectivity index (χ3n) is 8.19. The van der Waals surface area contributed by atoms with Crippen molar-refractivity contribution in [3.63, 3.8) is 0 Å². The van der Waals surface area contributed by atoms with Gasteiger partial charge in [0, 0.05) is 17.0 Å². The largest absolute Gasteiger partial charge is 0.497 e. The van der Waals surface area contributed by atoms with Gasteiger partial charge >= 0.3 is 0 Å². The fraction of sp³-hybridized carbons (Fsp3) is 0.600. The van der Waals surface area contributed by atoms with Gasteiger partial charge in [0.1, 0.15) is 16.5 Å². The average molecular weight is 542 g/mol. The zero-order chi connectivity index (χ0) is 27.4. The molecule has 0 bridgehead atoms. The van der Waals surface area contributed by atoms with E-state index in [1.807, 2.05) is 0 Å². The Balaban J connectivity index is 1.62. The molecule has 2 heterocycles. The fourth-order valence-corrected chi connectivity index (χ4v) is 7.16. The summed E-state index contributed by atoms with van der Waals surface area (Å²) in [4.78, 5) is 30.6. The first-order valence-corrected chi connectivity index (χ1v) is 14.7. The number of ether oxygens (including phenoxy) is 2. The predicted molar refractivity (Wildman–Crippen MR) is 155 cm³/mol. The van der Waals surface area contributed by atoms with E-state index in [1.54, 1.807) is 43.8 Å². The highest BCUT2D eigenvalue weighted by atomic mass is 32.1. The lowest BCUT2D eigenvalue weighted by Crippen LogP contribution is -2.43. The summed E-state index contributed by atoms with van der Waals surface area (Å²) in [5, 5.41) is 6.85. The van der Waals surface area contributed by atoms with Crippen molar-refractivity contribution in [2.45, 2.75) is 78.7 Å². The molecule has 0 saturated carbocycles. The van der Waals surface area contributed by atoms with E-state index in [9.17, 15) is 9.59 Å². The van der Waals surface area contributed by atoms with E-state index in [0.29, 0.717) is 46.3 Å². The summed E-state index contributed by atoms with van der Waals surface area (Å²) in [5.74, 6) is 1.44. The number of rotatable bonds is 8. The van der Waals surface area contributed by atoms with Gasteiger partial charge in [-0.15, -0.1) is 11.3 Å². The van der Waals surface area contributed by atoms with Gasteiger partial charge in [-0.1, -0.05) is 34.1 Å². The maximum absolute atomic E-state index is 13.8. The number of thiophene rings is 1. The molecule has 0 radical (unpaired) electrons. The number of anilines is 2. The van der Waals surface area contributed by atoms with Crippen molar-refractivity contribution in [3.8, 4) is 11.5 Å². The topological polar surface area (TPSA) is 79.9 Å². The minimum atomic E-state index is -0.222. The molecule has 1 aromatic heterocycles. The third-order valence-corrected chi connectivity index (χ3v) is 9.36. The number of carbonyl (C=O) groups is 2. The quantitative estimate of drug-likeness (QED) is 0.406. The zero-order valence-corrected chi connectivity index (χ0v) is 24.6. The Kier molecular flexibility index (Phi) is 9.04. The lowest BCUT2D eigenvalue weighted by Gasteiger charge is -2.34. The predicted octanol–water partition coefficient (Wildman–Crippen LogP) is 6.37. The van der Waals surface area contributed by atoms with Crippen molar-refractivity contribution in [1.82, 2.24) is 4.90 Å². The summed E-state index contributed by atoms with van der Waals surface area (Å²) >= 11 is 1.57. The number of likely N-dealkylation sites (tertiary alicyclic amines) is 1. The van der Waals surface area contributed by atoms with Gasteiger partial charge in [-0.3, -0.25) is 14.5 Å². The number of methoxy groups -OCH3 is 2. The van der Waals surface area contributed by atoms with Crippen LogP contribution in [0.4, 0.5) is 10.7 Å². The molecule has 1 saturated heterocycles. The first-order valence-electron chi connectivity index (χ1n) is 13.9. The van der Waals surface area contributed by atoms with Crippen LogP contribution >= 0.6 is 11.3 Å². The number of hydrogen-bond acceptors (Lipinski definition) is 6. The second-order valence-electron chi connectivity index (χ2n) is 11.6. The van der Waals surface area contributed by atoms with Crippen molar-refractivity contribution in [2.75, 3.05) is 37.9 Å². The average Bonchev–Trinajstić information content (AvgIpc) is 3.25. The number of nitrogens with zero attached hydrogens (tertiary/aromatic N) is 1. The SMILES string of the molecule is CC[C@H]1CCCCN1CC(=O)Nc1sc2c(c1C(=O)Nc1ccc(OC)cc1OC)CC[C@H](C(C)(C)C)C2. The van der Waals surface area contributed by atoms with Gasteiger partial charge in [0.15, 0.2) is 0 Å². The molecule has 0 spiro atoms. The molecule has 8 heteroatoms. The summed E-state index contributed by atoms with van der Waals surface area (Å²) in [7, 11) is 3.16. The Morgan fingerprint density at radius 1 is 1.11 bits per heavy atom. The van der Waals surface area contributed by atoms with E-state index in [0.717, 1.165) is 50.6 Å². The van der Waals surface area contributed by atoms with Gasteiger partial charge in [0.2, 0.25) is 5.91 Å². The summed E-state index contributed by atoms with van der Waals surface area (Å²) in [6, 6.07) is 5.77. The standard InChI is InChI=1S/C30H43N3O4S/c1-7-20-10-8-9-15-33(20)18-26(34)32-29-27(22-13-11-19(30(2,3)4)16-25(22)38-29)28(35)31-23-14-12-21(36-5)17-24(23)37-6/h12,14,17,19-20H,7-11,13,15-16,18H2,1-6H3,(H,31,35)(H,32,34)/t19-,20-/m0/s1. The molecule has 4 rings (SSSR count). The molecular weight excluding hydrogens is 498 g/mol. The van der Waals surface area contributed by atoms with Crippen LogP contribution in [0.3, 0.4) is 0 Å². The van der Waals surface area contributed by atoms with E-state index in [4.69, 9.17) is 9.47 Å². The number of amides is 2. The molecular formula is C30H43N3O4S. The number of fused-ring (bicyclic) bond motifs is 1. The van der Waals surface area contributed by atoms with Gasteiger partial charge in [0.25, 0.3) is 5.91 Å². The first-order chi connectivity index (χ1) is 18.1. The number of nitrogens with one attached hydrogen (secondary N) is 2. The second-order valence-corrected chi connectivity index (χ2v) is 12.7. The van der Waals surface area contributed by atoms with Crippen LogP contribution in [0.25, 0.3) is 0 Å². The third kappa shape index (κ3) is 6.34. The molecule has 2 amide bonds. The molecule has 2 aromatic rings. The fourth-order valence-electron chi connectivity index (χ4n) is 5.82. The smallest absolute Gasteiger partial charge is 0.259 e. The second kappa shape index (κ2) is 12.1. The van der Waals surface area contributed by atoms with Gasteiger partial charge in [-0.25, -0.2) is 0 Å². The molecule has 2 N–H and O–H groups in total. The van der Waals surface area contributed by atoms with Gasteiger partial charge in [-0.2, -0.15) is 0 Å². The zero-order valence-electron chi connectivity index (χ0n) is 23.7. The van der Waals surface area contributed by atoms with Gasteiger partial charge in [0.05, 0.1) is 32.0 Å². The molecule has 1 aliphatic carbocycles. The number of hydrogen-bond donors (Lipinski definition) is 2. The first kappa shape index (κ1) is 28.4. The molecule has 7 nitrogen and oxygen atoms in total. The van der Waals surface area contributed by atoms with Crippen LogP contribution < -0.4 is 20.1 Å². The van der Waals surface area contributed by atoms with E-state index in [2.05, 4.69) is 43.2 Å². The lowest BCUT2D eigenvalue weighted by atomic mass is 9.72. The Morgan fingerprint density at radius 2 is 1.89 bits per heavy atom. The van der Waals surface area contributed by atoms with Crippen LogP contribution in [0.2, 0.25) is 0 Å². The van der Waals surface area contributed by atoms with Crippen molar-refractivity contribution < 1.29 is 19.1 Å². The molecule has 2 aliphatic rings. The Labute approximate surface area is 231 Å². The number of piperidine rings is 1. The minimum absolute atomic E-state index is 0.0487. The monoisotopic (exact) mass is 541 g/mol. The highest BCUT2D eigenvalue weighted by Crippen LogP contribution is 2.45. The van der Waals surface area contributed by atoms with E-state index in [-0.39, 0.29) is 17.2 Å². The molecule has 38 heavy (non-hydrogen) atoms. The van der Waals surface area contributed by atoms with E-state index >= 15 is 0 Å². The maximum atomic E-state index is 13.8. The van der Waals surface area contributed by atoms with Crippen molar-refractivity contribution >= 4 is 33.8 Å². The van der Waals surface area contributed by atoms with Crippen LogP contribution in [-0.4, -0.2) is 50.1 Å². The molecule has 1 aliphatic heterocycles. The number of benzene rings is 1. The summed E-state index contributed by atoms with van der Waals surface area (Å²) in [6.45, 7) is 10.3. The molecule has 1 aromatic carbocycles. The highest BCUT2D eigenvalue weighted by Gasteiger charge is 2.34. The Hall–Kier alpha value is -2.58. The number of carbonyl (C=O) groups excluding carboxylic acids is 2. The van der Waals surface area contributed by atoms with Crippen LogP contribution in [0.15, 0.2) is 18.2 Å². The normalized spacial score (nSPS) is 19.9. The van der Waals surface area contributed by atoms with Crippen LogP contribution in [0.5, 0.6) is 11.5 Å². The van der Waals surface area contributed by atoms with Crippen LogP contribution in [0, 0.1) is 11.3 Å². The van der Waals surface area contributed by atoms with Crippen molar-refractivity contribution in [1.29, 1.82) is 0 Å². The molecule has 1 fully saturated rings. The molecule has 208 valence electrons. The summed E-state index contributed by atoms with van der Waals surface area (Å²) in [6.07, 6.45) is 7.32. The summed E-state index contributed by atoms with van der Waals surface area (Å²) < 4.78 is 10.8. The Bertz CT molecular complexity index is 1150. The lowest BCUT2D eigenvalue weighted by molar-refractivity contribution is -0.118. The summed E-state index contributed by atoms with van der Waals surface area (Å²) in [5.41, 5.74) is 2.42. The van der Waals surface area contributed by atoms with Crippen molar-refractivity contribution in [3.05, 3.63) is 34.2 Å². The molecule has 2 atom stereocenters. The van der Waals surface area contributed by atoms with E-state index < -0.39 is 0 Å². The molecule has 0 unspecified atom stereocenters. The van der Waals surface area contributed by atoms with Gasteiger partial charge < -0.3 is 20.1 Å². The van der Waals surface area contributed by atoms with Crippen LogP contribution in [0.1, 0.15) is 80.6 Å². The van der Waals surface area contributed by atoms with Gasteiger partial charge in [-0.05, 0) is 74.1 Å². The van der Waals surface area contributed by atoms with Crippen LogP contribution in [-0.2, 0) is 17.6 Å². The van der Waals surface area contributed by atoms with Crippen molar-refractivity contribution in [2.24, 2.45) is 11.3 Å². The highest BCUT2D eigenvalue weighted by molar-refractivity contribution is 7.17. The minimum Gasteiger partial charge on any atom is -0.497 e.